The van der Waals surface area contributed by atoms with Crippen molar-refractivity contribution in [1.82, 2.24) is 9.88 Å². The Morgan fingerprint density at radius 3 is 2.48 bits per heavy atom. The molecular weight excluding hydrogens is 434 g/mol. The molecule has 1 N–H and O–H groups in total. The standard InChI is InChI=1S/C22H19N3O4S2/c1-30-17-5-2-4-16(14-17)24-31(28,29)18-9-7-15(8-10-18)11-13-25-21(26)19-6-3-12-23-20(19)22(25)27/h2-10,12,14,24H,11,13H2,1H3. The van der Waals surface area contributed by atoms with Crippen LogP contribution in [0.1, 0.15) is 26.4 Å². The van der Waals surface area contributed by atoms with Crippen LogP contribution in [-0.4, -0.2) is 42.9 Å². The summed E-state index contributed by atoms with van der Waals surface area (Å²) in [5, 5.41) is 0. The lowest BCUT2D eigenvalue weighted by molar-refractivity contribution is 0.0654. The lowest BCUT2D eigenvalue weighted by Gasteiger charge is -2.14. The Bertz CT molecular complexity index is 1220. The number of nitrogens with zero attached hydrogens (tertiary/aromatic N) is 2. The van der Waals surface area contributed by atoms with E-state index in [2.05, 4.69) is 9.71 Å². The zero-order valence-electron chi connectivity index (χ0n) is 16.6. The van der Waals surface area contributed by atoms with Crippen molar-refractivity contribution in [2.75, 3.05) is 17.5 Å². The number of benzene rings is 2. The molecule has 0 atom stereocenters. The summed E-state index contributed by atoms with van der Waals surface area (Å²) in [6, 6.07) is 16.8. The van der Waals surface area contributed by atoms with Crippen LogP contribution < -0.4 is 4.72 Å². The molecule has 2 heterocycles. The maximum atomic E-state index is 12.7. The van der Waals surface area contributed by atoms with Gasteiger partial charge in [0.1, 0.15) is 5.69 Å². The van der Waals surface area contributed by atoms with Crippen LogP contribution in [0.5, 0.6) is 0 Å². The molecule has 1 aromatic heterocycles. The van der Waals surface area contributed by atoms with Gasteiger partial charge in [-0.15, -0.1) is 11.8 Å². The normalized spacial score (nSPS) is 13.4. The third-order valence-corrected chi connectivity index (χ3v) is 7.03. The lowest BCUT2D eigenvalue weighted by Crippen LogP contribution is -2.31. The van der Waals surface area contributed by atoms with Gasteiger partial charge in [0.05, 0.1) is 10.5 Å². The van der Waals surface area contributed by atoms with E-state index in [4.69, 9.17) is 0 Å². The molecule has 158 valence electrons. The SMILES string of the molecule is CSc1cccc(NS(=O)(=O)c2ccc(CCN3C(=O)c4cccnc4C3=O)cc2)c1. The highest BCUT2D eigenvalue weighted by molar-refractivity contribution is 7.98. The molecule has 0 spiro atoms. The summed E-state index contributed by atoms with van der Waals surface area (Å²) in [4.78, 5) is 31.1. The predicted octanol–water partition coefficient (Wildman–Crippen LogP) is 3.44. The number of pyridine rings is 1. The quantitative estimate of drug-likeness (QED) is 0.435. The number of imide groups is 1. The molecule has 1 aliphatic heterocycles. The van der Waals surface area contributed by atoms with Crippen LogP contribution in [0.3, 0.4) is 0 Å². The molecule has 0 saturated heterocycles. The van der Waals surface area contributed by atoms with Crippen molar-refractivity contribution >= 4 is 39.3 Å². The van der Waals surface area contributed by atoms with Crippen LogP contribution >= 0.6 is 11.8 Å². The first kappa shape index (κ1) is 21.1. The smallest absolute Gasteiger partial charge is 0.280 e. The monoisotopic (exact) mass is 453 g/mol. The molecule has 1 aliphatic rings. The Hall–Kier alpha value is -3.17. The molecule has 0 bridgehead atoms. The minimum atomic E-state index is -3.73. The average molecular weight is 454 g/mol. The molecule has 0 fully saturated rings. The van der Waals surface area contributed by atoms with Gasteiger partial charge in [-0.2, -0.15) is 0 Å². The van der Waals surface area contributed by atoms with Gasteiger partial charge in [-0.1, -0.05) is 18.2 Å². The molecule has 0 unspecified atom stereocenters. The zero-order chi connectivity index (χ0) is 22.0. The summed E-state index contributed by atoms with van der Waals surface area (Å²) >= 11 is 1.53. The van der Waals surface area contributed by atoms with Gasteiger partial charge in [0, 0.05) is 23.3 Å². The van der Waals surface area contributed by atoms with Crippen LogP contribution in [0.25, 0.3) is 0 Å². The number of amides is 2. The third kappa shape index (κ3) is 4.33. The Kier molecular flexibility index (Phi) is 5.79. The molecule has 31 heavy (non-hydrogen) atoms. The second-order valence-electron chi connectivity index (χ2n) is 6.89. The zero-order valence-corrected chi connectivity index (χ0v) is 18.2. The van der Waals surface area contributed by atoms with Crippen molar-refractivity contribution in [3.8, 4) is 0 Å². The van der Waals surface area contributed by atoms with Gasteiger partial charge in [-0.3, -0.25) is 24.2 Å². The van der Waals surface area contributed by atoms with Crippen molar-refractivity contribution in [2.24, 2.45) is 0 Å². The summed E-state index contributed by atoms with van der Waals surface area (Å²) in [6.45, 7) is 0.194. The first-order valence-electron chi connectivity index (χ1n) is 9.46. The summed E-state index contributed by atoms with van der Waals surface area (Å²) in [6.07, 6.45) is 3.82. The van der Waals surface area contributed by atoms with Gasteiger partial charge in [0.25, 0.3) is 21.8 Å². The summed E-state index contributed by atoms with van der Waals surface area (Å²) in [5.41, 5.74) is 1.79. The largest absolute Gasteiger partial charge is 0.280 e. The topological polar surface area (TPSA) is 96.4 Å². The van der Waals surface area contributed by atoms with Gasteiger partial charge in [0.2, 0.25) is 0 Å². The summed E-state index contributed by atoms with van der Waals surface area (Å²) in [7, 11) is -3.73. The Morgan fingerprint density at radius 2 is 1.77 bits per heavy atom. The number of hydrogen-bond donors (Lipinski definition) is 1. The van der Waals surface area contributed by atoms with E-state index in [1.165, 1.54) is 35.0 Å². The fraction of sp³-hybridized carbons (Fsp3) is 0.136. The van der Waals surface area contributed by atoms with E-state index < -0.39 is 15.9 Å². The fourth-order valence-electron chi connectivity index (χ4n) is 3.29. The first-order chi connectivity index (χ1) is 14.9. The van der Waals surface area contributed by atoms with Crippen molar-refractivity contribution < 1.29 is 18.0 Å². The third-order valence-electron chi connectivity index (χ3n) is 4.91. The number of carbonyl (C=O) groups is 2. The van der Waals surface area contributed by atoms with E-state index in [0.29, 0.717) is 17.7 Å². The number of sulfonamides is 1. The highest BCUT2D eigenvalue weighted by Gasteiger charge is 2.36. The number of anilines is 1. The van der Waals surface area contributed by atoms with E-state index in [-0.39, 0.29) is 23.0 Å². The highest BCUT2D eigenvalue weighted by Crippen LogP contribution is 2.23. The van der Waals surface area contributed by atoms with Gasteiger partial charge < -0.3 is 0 Å². The lowest BCUT2D eigenvalue weighted by atomic mass is 10.1. The molecule has 2 aromatic carbocycles. The van der Waals surface area contributed by atoms with Gasteiger partial charge in [-0.25, -0.2) is 8.42 Å². The second-order valence-corrected chi connectivity index (χ2v) is 9.45. The van der Waals surface area contributed by atoms with E-state index in [1.807, 2.05) is 12.3 Å². The maximum absolute atomic E-state index is 12.7. The van der Waals surface area contributed by atoms with Gasteiger partial charge in [-0.05, 0) is 60.7 Å². The first-order valence-corrected chi connectivity index (χ1v) is 12.2. The molecule has 9 heteroatoms. The summed E-state index contributed by atoms with van der Waals surface area (Å²) in [5.74, 6) is -0.763. The Labute approximate surface area is 184 Å². The van der Waals surface area contributed by atoms with Crippen LogP contribution in [0.15, 0.2) is 76.7 Å². The van der Waals surface area contributed by atoms with Crippen LogP contribution in [0, 0.1) is 0 Å². The molecule has 3 aromatic rings. The number of fused-ring (bicyclic) bond motifs is 1. The number of carbonyl (C=O) groups excluding carboxylic acids is 2. The van der Waals surface area contributed by atoms with E-state index in [1.54, 1.807) is 42.5 Å². The average Bonchev–Trinajstić information content (AvgIpc) is 3.02. The number of aromatic nitrogens is 1. The van der Waals surface area contributed by atoms with Gasteiger partial charge in [0.15, 0.2) is 0 Å². The molecular formula is C22H19N3O4S2. The molecule has 2 amide bonds. The predicted molar refractivity (Wildman–Crippen MR) is 119 cm³/mol. The van der Waals surface area contributed by atoms with E-state index >= 15 is 0 Å². The van der Waals surface area contributed by atoms with Crippen molar-refractivity contribution in [2.45, 2.75) is 16.2 Å². The number of thioether (sulfide) groups is 1. The Balaban J connectivity index is 1.43. The second kappa shape index (κ2) is 8.52. The maximum Gasteiger partial charge on any atom is 0.280 e. The van der Waals surface area contributed by atoms with E-state index in [0.717, 1.165) is 10.5 Å². The highest BCUT2D eigenvalue weighted by atomic mass is 32.2. The van der Waals surface area contributed by atoms with Crippen LogP contribution in [0.4, 0.5) is 5.69 Å². The van der Waals surface area contributed by atoms with Crippen molar-refractivity contribution in [1.29, 1.82) is 0 Å². The van der Waals surface area contributed by atoms with Crippen LogP contribution in [0.2, 0.25) is 0 Å². The molecule has 0 radical (unpaired) electrons. The van der Waals surface area contributed by atoms with Gasteiger partial charge >= 0.3 is 0 Å². The van der Waals surface area contributed by atoms with E-state index in [9.17, 15) is 18.0 Å². The molecule has 0 saturated carbocycles. The number of rotatable bonds is 7. The minimum absolute atomic E-state index is 0.135. The van der Waals surface area contributed by atoms with Crippen LogP contribution in [-0.2, 0) is 16.4 Å². The van der Waals surface area contributed by atoms with Crippen molar-refractivity contribution in [3.63, 3.8) is 0 Å². The number of hydrogen-bond acceptors (Lipinski definition) is 6. The molecule has 7 nitrogen and oxygen atoms in total. The fourth-order valence-corrected chi connectivity index (χ4v) is 4.80. The number of nitrogens with one attached hydrogen (secondary N) is 1. The summed E-state index contributed by atoms with van der Waals surface area (Å²) < 4.78 is 27.9. The molecule has 4 rings (SSSR count). The molecule has 0 aliphatic carbocycles. The van der Waals surface area contributed by atoms with Crippen molar-refractivity contribution in [3.05, 3.63) is 83.7 Å². The Morgan fingerprint density at radius 1 is 1.00 bits per heavy atom. The minimum Gasteiger partial charge on any atom is -0.280 e.